The van der Waals surface area contributed by atoms with E-state index in [1.54, 1.807) is 25.1 Å². The van der Waals surface area contributed by atoms with E-state index < -0.39 is 18.4 Å². The number of rotatable bonds is 6. The third kappa shape index (κ3) is 3.96. The highest BCUT2D eigenvalue weighted by Gasteiger charge is 2.20. The monoisotopic (exact) mass is 388 g/mol. The minimum atomic E-state index is -0.728. The van der Waals surface area contributed by atoms with Crippen LogP contribution in [-0.4, -0.2) is 38.6 Å². The lowest BCUT2D eigenvalue weighted by Crippen LogP contribution is -2.19. The molecule has 0 unspecified atom stereocenters. The molecule has 0 atom stereocenters. The Labute approximate surface area is 165 Å². The summed E-state index contributed by atoms with van der Waals surface area (Å²) in [6.45, 7) is 1.19. The summed E-state index contributed by atoms with van der Waals surface area (Å²) in [6.07, 6.45) is 1.59. The number of aromatic nitrogens is 4. The van der Waals surface area contributed by atoms with Crippen molar-refractivity contribution in [2.24, 2.45) is 0 Å². The van der Waals surface area contributed by atoms with E-state index in [9.17, 15) is 9.59 Å². The fourth-order valence-electron chi connectivity index (χ4n) is 2.76. The van der Waals surface area contributed by atoms with Crippen LogP contribution in [0.1, 0.15) is 21.9 Å². The number of carbonyl (C=O) groups is 2. The smallest absolute Gasteiger partial charge is 0.357 e. The summed E-state index contributed by atoms with van der Waals surface area (Å²) < 4.78 is 12.0. The van der Waals surface area contributed by atoms with Gasteiger partial charge in [0.15, 0.2) is 23.9 Å². The summed E-state index contributed by atoms with van der Waals surface area (Å²) in [7, 11) is 0. The Kier molecular flexibility index (Phi) is 4.98. The van der Waals surface area contributed by atoms with E-state index in [-0.39, 0.29) is 11.5 Å². The van der Waals surface area contributed by atoms with Gasteiger partial charge in [0.2, 0.25) is 5.78 Å². The second kappa shape index (κ2) is 7.89. The molecule has 0 bridgehead atoms. The predicted molar refractivity (Wildman–Crippen MR) is 105 cm³/mol. The molecule has 4 aromatic rings. The molecule has 0 aliphatic rings. The maximum Gasteiger partial charge on any atom is 0.357 e. The average Bonchev–Trinajstić information content (AvgIpc) is 3.37. The predicted octanol–water partition coefficient (Wildman–Crippen LogP) is 3.15. The van der Waals surface area contributed by atoms with E-state index in [1.165, 1.54) is 4.68 Å². The van der Waals surface area contributed by atoms with Crippen LogP contribution in [0, 0.1) is 6.92 Å². The molecule has 0 aliphatic heterocycles. The van der Waals surface area contributed by atoms with Crippen LogP contribution in [0.25, 0.3) is 22.7 Å². The Morgan fingerprint density at radius 1 is 1.10 bits per heavy atom. The highest BCUT2D eigenvalue weighted by molar-refractivity contribution is 6.16. The van der Waals surface area contributed by atoms with Crippen LogP contribution < -0.4 is 0 Å². The third-order valence-corrected chi connectivity index (χ3v) is 4.20. The number of fused-ring (bicyclic) bond motifs is 1. The first-order valence-corrected chi connectivity index (χ1v) is 8.83. The highest BCUT2D eigenvalue weighted by Crippen LogP contribution is 2.19. The van der Waals surface area contributed by atoms with Gasteiger partial charge in [-0.25, -0.2) is 4.79 Å². The van der Waals surface area contributed by atoms with Crippen LogP contribution in [0.5, 0.6) is 0 Å². The fourth-order valence-corrected chi connectivity index (χ4v) is 2.76. The van der Waals surface area contributed by atoms with Crippen LogP contribution in [0.3, 0.4) is 0 Å². The van der Waals surface area contributed by atoms with Gasteiger partial charge in [-0.2, -0.15) is 4.68 Å². The molecule has 8 heteroatoms. The summed E-state index contributed by atoms with van der Waals surface area (Å²) in [5.41, 5.74) is 1.45. The van der Waals surface area contributed by atoms with Crippen LogP contribution in [-0.2, 0) is 9.53 Å². The van der Waals surface area contributed by atoms with E-state index >= 15 is 0 Å². The van der Waals surface area contributed by atoms with Gasteiger partial charge in [-0.1, -0.05) is 48.5 Å². The molecule has 2 heterocycles. The van der Waals surface area contributed by atoms with E-state index in [1.807, 2.05) is 48.5 Å². The van der Waals surface area contributed by atoms with Crippen LogP contribution in [0.4, 0.5) is 0 Å². The molecule has 0 spiro atoms. The molecule has 0 amide bonds. The molecule has 4 rings (SSSR count). The number of carbonyl (C=O) groups excluding carboxylic acids is 2. The lowest BCUT2D eigenvalue weighted by atomic mass is 10.2. The zero-order valence-electron chi connectivity index (χ0n) is 15.5. The largest absolute Gasteiger partial charge is 0.453 e. The summed E-state index contributed by atoms with van der Waals surface area (Å²) >= 11 is 0. The molecule has 0 saturated carbocycles. The minimum Gasteiger partial charge on any atom is -0.453 e. The first-order valence-electron chi connectivity index (χ1n) is 8.83. The number of benzene rings is 2. The van der Waals surface area contributed by atoms with Crippen molar-refractivity contribution in [3.63, 3.8) is 0 Å². The van der Waals surface area contributed by atoms with Gasteiger partial charge in [0.1, 0.15) is 5.58 Å². The van der Waals surface area contributed by atoms with Crippen molar-refractivity contribution >= 4 is 34.5 Å². The first-order chi connectivity index (χ1) is 14.1. The molecule has 144 valence electrons. The number of Topliss-reactive ketones (excluding diaryl/α,β-unsaturated/α-hetero) is 1. The number of ether oxygens (including phenoxy) is 1. The molecule has 8 nitrogen and oxygen atoms in total. The Morgan fingerprint density at radius 3 is 2.59 bits per heavy atom. The number of hydrogen-bond donors (Lipinski definition) is 0. The topological polar surface area (TPSA) is 100 Å². The van der Waals surface area contributed by atoms with E-state index in [0.717, 1.165) is 10.9 Å². The molecular weight excluding hydrogens is 372 g/mol. The SMILES string of the molecule is Cc1nnnn1/C(=C\c1ccccc1)C(=O)OCC(=O)c1cc2ccccc2o1. The normalized spacial score (nSPS) is 11.6. The van der Waals surface area contributed by atoms with Crippen LogP contribution in [0.15, 0.2) is 65.1 Å². The van der Waals surface area contributed by atoms with Gasteiger partial charge >= 0.3 is 5.97 Å². The first kappa shape index (κ1) is 18.3. The molecule has 0 aliphatic carbocycles. The van der Waals surface area contributed by atoms with Gasteiger partial charge in [0.25, 0.3) is 0 Å². The number of nitrogens with zero attached hydrogens (tertiary/aromatic N) is 4. The van der Waals surface area contributed by atoms with E-state index in [2.05, 4.69) is 15.5 Å². The van der Waals surface area contributed by atoms with Gasteiger partial charge in [0, 0.05) is 5.39 Å². The number of furan rings is 1. The van der Waals surface area contributed by atoms with Gasteiger partial charge in [-0.05, 0) is 41.1 Å². The summed E-state index contributed by atoms with van der Waals surface area (Å²) in [6, 6.07) is 18.1. The molecule has 2 aromatic heterocycles. The third-order valence-electron chi connectivity index (χ3n) is 4.20. The average molecular weight is 388 g/mol. The number of para-hydroxylation sites is 1. The number of aryl methyl sites for hydroxylation is 1. The molecule has 0 N–H and O–H groups in total. The summed E-state index contributed by atoms with van der Waals surface area (Å²) in [4.78, 5) is 25.1. The molecular formula is C21H16N4O4. The van der Waals surface area contributed by atoms with E-state index in [0.29, 0.717) is 11.4 Å². The van der Waals surface area contributed by atoms with Crippen molar-refractivity contribution in [1.29, 1.82) is 0 Å². The van der Waals surface area contributed by atoms with Crippen molar-refractivity contribution < 1.29 is 18.7 Å². The quantitative estimate of drug-likeness (QED) is 0.284. The summed E-state index contributed by atoms with van der Waals surface area (Å²) in [5.74, 6) is -0.630. The van der Waals surface area contributed by atoms with Gasteiger partial charge < -0.3 is 9.15 Å². The van der Waals surface area contributed by atoms with Crippen molar-refractivity contribution in [2.45, 2.75) is 6.92 Å². The van der Waals surface area contributed by atoms with Gasteiger partial charge in [-0.3, -0.25) is 4.79 Å². The Balaban J connectivity index is 1.54. The molecule has 2 aromatic carbocycles. The molecule has 29 heavy (non-hydrogen) atoms. The summed E-state index contributed by atoms with van der Waals surface area (Å²) in [5, 5.41) is 12.0. The standard InChI is InChI=1S/C21H16N4O4/c1-14-22-23-24-25(14)17(11-15-7-3-2-4-8-15)21(27)28-13-18(26)20-12-16-9-5-6-10-19(16)29-20/h2-12H,13H2,1H3/b17-11-. The second-order valence-corrected chi connectivity index (χ2v) is 6.23. The lowest BCUT2D eigenvalue weighted by Gasteiger charge is -2.08. The van der Waals surface area contributed by atoms with Crippen molar-refractivity contribution in [2.75, 3.05) is 6.61 Å². The Morgan fingerprint density at radius 2 is 1.86 bits per heavy atom. The maximum absolute atomic E-state index is 12.7. The number of hydrogen-bond acceptors (Lipinski definition) is 7. The second-order valence-electron chi connectivity index (χ2n) is 6.23. The number of ketones is 1. The Bertz CT molecular complexity index is 1170. The van der Waals surface area contributed by atoms with E-state index in [4.69, 9.17) is 9.15 Å². The minimum absolute atomic E-state index is 0.0936. The zero-order valence-corrected chi connectivity index (χ0v) is 15.5. The van der Waals surface area contributed by atoms with Crippen LogP contribution in [0.2, 0.25) is 0 Å². The Hall–Kier alpha value is -4.07. The number of esters is 1. The van der Waals surface area contributed by atoms with Crippen molar-refractivity contribution in [3.8, 4) is 0 Å². The van der Waals surface area contributed by atoms with Gasteiger partial charge in [-0.15, -0.1) is 5.10 Å². The molecule has 0 fully saturated rings. The fraction of sp³-hybridized carbons (Fsp3) is 0.0952. The number of tetrazole rings is 1. The molecule has 0 saturated heterocycles. The zero-order chi connectivity index (χ0) is 20.2. The van der Waals surface area contributed by atoms with Crippen LogP contribution >= 0.6 is 0 Å². The van der Waals surface area contributed by atoms with Crippen molar-refractivity contribution in [1.82, 2.24) is 20.2 Å². The highest BCUT2D eigenvalue weighted by atomic mass is 16.5. The lowest BCUT2D eigenvalue weighted by molar-refractivity contribution is -0.136. The maximum atomic E-state index is 12.7. The molecule has 0 radical (unpaired) electrons. The van der Waals surface area contributed by atoms with Gasteiger partial charge in [0.05, 0.1) is 0 Å². The van der Waals surface area contributed by atoms with Crippen molar-refractivity contribution in [3.05, 3.63) is 77.8 Å².